The highest BCUT2D eigenvalue weighted by Crippen LogP contribution is 2.42. The van der Waals surface area contributed by atoms with Gasteiger partial charge in [0.05, 0.1) is 11.0 Å². The van der Waals surface area contributed by atoms with Crippen LogP contribution in [0.15, 0.2) is 121 Å². The number of para-hydroxylation sites is 2. The first-order chi connectivity index (χ1) is 17.8. The van der Waals surface area contributed by atoms with Gasteiger partial charge < -0.3 is 4.57 Å². The van der Waals surface area contributed by atoms with Crippen molar-refractivity contribution in [1.82, 2.24) is 9.55 Å². The fourth-order valence-electron chi connectivity index (χ4n) is 5.69. The first kappa shape index (κ1) is 19.8. The number of benzene rings is 5. The Hall–Kier alpha value is -4.47. The summed E-state index contributed by atoms with van der Waals surface area (Å²) in [4.78, 5) is 4.44. The third-order valence-electron chi connectivity index (χ3n) is 7.30. The summed E-state index contributed by atoms with van der Waals surface area (Å²) in [5.41, 5.74) is 5.99. The van der Waals surface area contributed by atoms with E-state index in [1.807, 2.05) is 18.5 Å². The zero-order valence-corrected chi connectivity index (χ0v) is 20.2. The highest BCUT2D eigenvalue weighted by Gasteiger charge is 2.17. The number of thiophene rings is 1. The van der Waals surface area contributed by atoms with Crippen molar-refractivity contribution < 1.29 is 0 Å². The van der Waals surface area contributed by atoms with Gasteiger partial charge in [0, 0.05) is 39.1 Å². The van der Waals surface area contributed by atoms with Crippen LogP contribution in [0.4, 0.5) is 0 Å². The average molecular weight is 477 g/mol. The number of hydrogen-bond donors (Lipinski definition) is 0. The van der Waals surface area contributed by atoms with Crippen molar-refractivity contribution in [2.45, 2.75) is 0 Å². The molecule has 0 saturated carbocycles. The molecule has 0 spiro atoms. The second-order valence-electron chi connectivity index (χ2n) is 9.30. The Balaban J connectivity index is 1.61. The van der Waals surface area contributed by atoms with Crippen molar-refractivity contribution in [3.63, 3.8) is 0 Å². The average Bonchev–Trinajstić information content (AvgIpc) is 3.53. The third kappa shape index (κ3) is 2.81. The number of fused-ring (bicyclic) bond motifs is 7. The Labute approximate surface area is 211 Å². The van der Waals surface area contributed by atoms with Crippen LogP contribution in [-0.2, 0) is 0 Å². The molecule has 3 aromatic heterocycles. The van der Waals surface area contributed by atoms with Crippen LogP contribution in [0.25, 0.3) is 70.3 Å². The van der Waals surface area contributed by atoms with Crippen LogP contribution in [0.3, 0.4) is 0 Å². The molecule has 36 heavy (non-hydrogen) atoms. The van der Waals surface area contributed by atoms with Crippen molar-refractivity contribution in [3.8, 4) is 16.8 Å². The quantitative estimate of drug-likeness (QED) is 0.227. The maximum atomic E-state index is 4.44. The molecule has 0 aliphatic rings. The normalized spacial score (nSPS) is 11.9. The number of pyridine rings is 1. The lowest BCUT2D eigenvalue weighted by atomic mass is 9.92. The summed E-state index contributed by atoms with van der Waals surface area (Å²) in [5.74, 6) is 0. The summed E-state index contributed by atoms with van der Waals surface area (Å²) in [7, 11) is 0. The molecule has 0 fully saturated rings. The molecule has 8 aromatic rings. The highest BCUT2D eigenvalue weighted by molar-refractivity contribution is 7.17. The van der Waals surface area contributed by atoms with E-state index >= 15 is 0 Å². The zero-order chi connectivity index (χ0) is 23.6. The van der Waals surface area contributed by atoms with Gasteiger partial charge in [-0.2, -0.15) is 0 Å². The number of aromatic nitrogens is 2. The fraction of sp³-hybridized carbons (Fsp3) is 0. The monoisotopic (exact) mass is 476 g/mol. The molecule has 0 bridgehead atoms. The van der Waals surface area contributed by atoms with E-state index in [1.54, 1.807) is 11.3 Å². The molecule has 5 aromatic carbocycles. The summed E-state index contributed by atoms with van der Waals surface area (Å²) in [6.07, 6.45) is 3.81. The lowest BCUT2D eigenvalue weighted by Gasteiger charge is -2.13. The van der Waals surface area contributed by atoms with E-state index in [2.05, 4.69) is 112 Å². The predicted molar refractivity (Wildman–Crippen MR) is 154 cm³/mol. The van der Waals surface area contributed by atoms with E-state index in [-0.39, 0.29) is 0 Å². The molecule has 0 aliphatic heterocycles. The fourth-order valence-corrected chi connectivity index (χ4v) is 6.51. The molecule has 0 aliphatic carbocycles. The SMILES string of the molecule is c1ccc(-n2c3ccccc3c3cc4c(-c5cccnc5)cc5cc6sccc6cc5c4cc32)cc1. The third-order valence-corrected chi connectivity index (χ3v) is 8.18. The minimum atomic E-state index is 1.14. The Morgan fingerprint density at radius 1 is 0.583 bits per heavy atom. The molecule has 0 amide bonds. The lowest BCUT2D eigenvalue weighted by Crippen LogP contribution is -1.93. The van der Waals surface area contributed by atoms with Crippen LogP contribution in [0.1, 0.15) is 0 Å². The van der Waals surface area contributed by atoms with Gasteiger partial charge >= 0.3 is 0 Å². The Morgan fingerprint density at radius 3 is 2.36 bits per heavy atom. The van der Waals surface area contributed by atoms with Crippen molar-refractivity contribution in [1.29, 1.82) is 0 Å². The van der Waals surface area contributed by atoms with Crippen LogP contribution < -0.4 is 0 Å². The van der Waals surface area contributed by atoms with Gasteiger partial charge in [-0.25, -0.2) is 0 Å². The van der Waals surface area contributed by atoms with Gasteiger partial charge in [-0.3, -0.25) is 4.98 Å². The molecular weight excluding hydrogens is 456 g/mol. The van der Waals surface area contributed by atoms with Gasteiger partial charge in [-0.05, 0) is 98.5 Å². The van der Waals surface area contributed by atoms with E-state index < -0.39 is 0 Å². The minimum absolute atomic E-state index is 1.14. The highest BCUT2D eigenvalue weighted by atomic mass is 32.1. The second kappa shape index (κ2) is 7.51. The van der Waals surface area contributed by atoms with E-state index in [0.717, 1.165) is 5.56 Å². The van der Waals surface area contributed by atoms with Gasteiger partial charge in [0.25, 0.3) is 0 Å². The van der Waals surface area contributed by atoms with E-state index in [0.29, 0.717) is 0 Å². The summed E-state index contributed by atoms with van der Waals surface area (Å²) in [6, 6.07) is 37.6. The van der Waals surface area contributed by atoms with E-state index in [1.165, 1.54) is 64.7 Å². The van der Waals surface area contributed by atoms with Gasteiger partial charge in [0.15, 0.2) is 0 Å². The number of nitrogens with zero attached hydrogens (tertiary/aromatic N) is 2. The Morgan fingerprint density at radius 2 is 1.47 bits per heavy atom. The maximum Gasteiger partial charge on any atom is 0.0547 e. The van der Waals surface area contributed by atoms with Crippen LogP contribution >= 0.6 is 11.3 Å². The minimum Gasteiger partial charge on any atom is -0.309 e. The molecule has 0 radical (unpaired) electrons. The summed E-state index contributed by atoms with van der Waals surface area (Å²) in [5, 5.41) is 11.1. The smallest absolute Gasteiger partial charge is 0.0547 e. The number of hydrogen-bond acceptors (Lipinski definition) is 2. The molecule has 168 valence electrons. The van der Waals surface area contributed by atoms with Crippen molar-refractivity contribution in [2.24, 2.45) is 0 Å². The Kier molecular flexibility index (Phi) is 4.13. The van der Waals surface area contributed by atoms with Crippen molar-refractivity contribution in [3.05, 3.63) is 121 Å². The molecule has 8 rings (SSSR count). The summed E-state index contributed by atoms with van der Waals surface area (Å²) >= 11 is 1.80. The molecule has 3 heterocycles. The van der Waals surface area contributed by atoms with Crippen LogP contribution in [-0.4, -0.2) is 9.55 Å². The molecule has 0 atom stereocenters. The van der Waals surface area contributed by atoms with Crippen molar-refractivity contribution >= 4 is 64.8 Å². The maximum absolute atomic E-state index is 4.44. The van der Waals surface area contributed by atoms with Gasteiger partial charge in [0.2, 0.25) is 0 Å². The standard InChI is InChI=1S/C33H20N2S/c1-2-8-24(9-3-1)35-31-11-5-4-10-25(31)30-18-28-26(22-7-6-13-34-20-22)16-23-17-33-21(12-14-36-33)15-27(23)29(28)19-32(30)35/h1-20H. The Bertz CT molecular complexity index is 2080. The van der Waals surface area contributed by atoms with Gasteiger partial charge in [0.1, 0.15) is 0 Å². The van der Waals surface area contributed by atoms with Crippen molar-refractivity contribution in [2.75, 3.05) is 0 Å². The molecule has 0 saturated heterocycles. The van der Waals surface area contributed by atoms with Crippen LogP contribution in [0, 0.1) is 0 Å². The van der Waals surface area contributed by atoms with Crippen LogP contribution in [0.5, 0.6) is 0 Å². The molecule has 2 nitrogen and oxygen atoms in total. The van der Waals surface area contributed by atoms with E-state index in [9.17, 15) is 0 Å². The molecule has 0 N–H and O–H groups in total. The largest absolute Gasteiger partial charge is 0.309 e. The number of rotatable bonds is 2. The first-order valence-corrected chi connectivity index (χ1v) is 13.0. The topological polar surface area (TPSA) is 17.8 Å². The van der Waals surface area contributed by atoms with Gasteiger partial charge in [-0.1, -0.05) is 42.5 Å². The predicted octanol–water partition coefficient (Wildman–Crippen LogP) is 9.37. The molecular formula is C33H20N2S. The van der Waals surface area contributed by atoms with Crippen LogP contribution in [0.2, 0.25) is 0 Å². The second-order valence-corrected chi connectivity index (χ2v) is 10.2. The zero-order valence-electron chi connectivity index (χ0n) is 19.3. The molecule has 0 unspecified atom stereocenters. The van der Waals surface area contributed by atoms with E-state index in [4.69, 9.17) is 0 Å². The summed E-state index contributed by atoms with van der Waals surface area (Å²) < 4.78 is 3.72. The molecule has 3 heteroatoms. The summed E-state index contributed by atoms with van der Waals surface area (Å²) in [6.45, 7) is 0. The lowest BCUT2D eigenvalue weighted by molar-refractivity contribution is 1.18. The van der Waals surface area contributed by atoms with Gasteiger partial charge in [-0.15, -0.1) is 11.3 Å². The first-order valence-electron chi connectivity index (χ1n) is 12.1.